The summed E-state index contributed by atoms with van der Waals surface area (Å²) in [6, 6.07) is 16.6. The van der Waals surface area contributed by atoms with Crippen molar-refractivity contribution in [2.75, 3.05) is 24.5 Å². The zero-order valence-corrected chi connectivity index (χ0v) is 14.6. The first-order valence-electron chi connectivity index (χ1n) is 8.98. The van der Waals surface area contributed by atoms with Gasteiger partial charge in [-0.15, -0.1) is 0 Å². The minimum Gasteiger partial charge on any atom is -0.362 e. The number of hydrogen-bond acceptors (Lipinski definition) is 3. The molecular formula is C21H23N3O. The summed E-state index contributed by atoms with van der Waals surface area (Å²) in [4.78, 5) is 14.9. The van der Waals surface area contributed by atoms with E-state index in [1.165, 1.54) is 16.8 Å². The molecule has 2 aromatic rings. The van der Waals surface area contributed by atoms with E-state index in [-0.39, 0.29) is 5.91 Å². The first-order valence-corrected chi connectivity index (χ1v) is 8.98. The molecule has 0 spiro atoms. The minimum absolute atomic E-state index is 0.0827. The quantitative estimate of drug-likeness (QED) is 0.863. The van der Waals surface area contributed by atoms with Crippen LogP contribution in [-0.4, -0.2) is 36.3 Å². The smallest absolute Gasteiger partial charge is 0.262 e. The van der Waals surface area contributed by atoms with Gasteiger partial charge < -0.3 is 4.90 Å². The van der Waals surface area contributed by atoms with Gasteiger partial charge in [-0.1, -0.05) is 48.0 Å². The van der Waals surface area contributed by atoms with E-state index in [4.69, 9.17) is 0 Å². The van der Waals surface area contributed by atoms with E-state index in [2.05, 4.69) is 47.3 Å². The van der Waals surface area contributed by atoms with Gasteiger partial charge in [0.05, 0.1) is 18.8 Å². The van der Waals surface area contributed by atoms with Crippen LogP contribution in [0.1, 0.15) is 29.5 Å². The van der Waals surface area contributed by atoms with E-state index in [0.717, 1.165) is 37.1 Å². The number of hydrazone groups is 1. The number of amides is 1. The molecule has 2 aliphatic rings. The molecule has 2 aliphatic heterocycles. The fourth-order valence-electron chi connectivity index (χ4n) is 3.68. The molecule has 2 aromatic carbocycles. The van der Waals surface area contributed by atoms with Crippen LogP contribution in [0.25, 0.3) is 0 Å². The topological polar surface area (TPSA) is 35.9 Å². The normalized spacial score (nSPS) is 16.6. The number of rotatable bonds is 3. The average molecular weight is 333 g/mol. The van der Waals surface area contributed by atoms with Crippen molar-refractivity contribution in [2.45, 2.75) is 26.2 Å². The summed E-state index contributed by atoms with van der Waals surface area (Å²) in [5, 5.41) is 6.21. The Morgan fingerprint density at radius 3 is 2.76 bits per heavy atom. The molecule has 1 amide bonds. The summed E-state index contributed by atoms with van der Waals surface area (Å²) in [5.74, 6) is 0.0827. The highest BCUT2D eigenvalue weighted by Gasteiger charge is 2.25. The van der Waals surface area contributed by atoms with Gasteiger partial charge in [0.25, 0.3) is 5.91 Å². The lowest BCUT2D eigenvalue weighted by Crippen LogP contribution is -2.39. The maximum atomic E-state index is 12.7. The monoisotopic (exact) mass is 333 g/mol. The van der Waals surface area contributed by atoms with E-state index in [9.17, 15) is 4.79 Å². The molecule has 0 bridgehead atoms. The van der Waals surface area contributed by atoms with E-state index >= 15 is 0 Å². The number of anilines is 1. The van der Waals surface area contributed by atoms with Crippen LogP contribution < -0.4 is 4.90 Å². The second kappa shape index (κ2) is 6.71. The van der Waals surface area contributed by atoms with Crippen molar-refractivity contribution in [3.63, 3.8) is 0 Å². The minimum atomic E-state index is 0.0827. The molecule has 2 heterocycles. The van der Waals surface area contributed by atoms with Crippen LogP contribution in [0.3, 0.4) is 0 Å². The van der Waals surface area contributed by atoms with Crippen LogP contribution in [0, 0.1) is 6.92 Å². The second-order valence-electron chi connectivity index (χ2n) is 6.84. The first-order chi connectivity index (χ1) is 12.2. The Kier molecular flexibility index (Phi) is 4.26. The van der Waals surface area contributed by atoms with Crippen LogP contribution in [0.2, 0.25) is 0 Å². The molecule has 128 valence electrons. The van der Waals surface area contributed by atoms with Crippen LogP contribution >= 0.6 is 0 Å². The summed E-state index contributed by atoms with van der Waals surface area (Å²) in [6.45, 7) is 4.14. The Morgan fingerprint density at radius 1 is 1.08 bits per heavy atom. The van der Waals surface area contributed by atoms with Gasteiger partial charge in [0.1, 0.15) is 0 Å². The predicted octanol–water partition coefficient (Wildman–Crippen LogP) is 3.38. The number of aryl methyl sites for hydroxylation is 2. The molecule has 0 atom stereocenters. The molecule has 4 nitrogen and oxygen atoms in total. The van der Waals surface area contributed by atoms with Crippen molar-refractivity contribution in [1.29, 1.82) is 0 Å². The first kappa shape index (κ1) is 15.9. The lowest BCUT2D eigenvalue weighted by atomic mass is 9.99. The van der Waals surface area contributed by atoms with E-state index < -0.39 is 0 Å². The Labute approximate surface area is 148 Å². The Hall–Kier alpha value is -2.62. The van der Waals surface area contributed by atoms with E-state index in [1.807, 2.05) is 18.2 Å². The van der Waals surface area contributed by atoms with Crippen molar-refractivity contribution >= 4 is 17.3 Å². The summed E-state index contributed by atoms with van der Waals surface area (Å²) in [5.41, 5.74) is 5.95. The fourth-order valence-corrected chi connectivity index (χ4v) is 3.68. The highest BCUT2D eigenvalue weighted by atomic mass is 16.2. The lowest BCUT2D eigenvalue weighted by molar-refractivity contribution is -0.129. The highest BCUT2D eigenvalue weighted by molar-refractivity contribution is 6.02. The summed E-state index contributed by atoms with van der Waals surface area (Å²) in [6.07, 6.45) is 3.02. The molecule has 0 N–H and O–H groups in total. The predicted molar refractivity (Wildman–Crippen MR) is 101 cm³/mol. The van der Waals surface area contributed by atoms with Gasteiger partial charge in [0, 0.05) is 18.7 Å². The van der Waals surface area contributed by atoms with Gasteiger partial charge in [0.2, 0.25) is 0 Å². The molecule has 4 rings (SSSR count). The molecule has 4 heteroatoms. The summed E-state index contributed by atoms with van der Waals surface area (Å²) >= 11 is 0. The van der Waals surface area contributed by atoms with Crippen molar-refractivity contribution in [3.8, 4) is 0 Å². The third-order valence-electron chi connectivity index (χ3n) is 4.97. The Balaban J connectivity index is 1.48. The number of carbonyl (C=O) groups excluding carboxylic acids is 1. The third kappa shape index (κ3) is 3.29. The number of benzene rings is 2. The van der Waals surface area contributed by atoms with Crippen LogP contribution in [0.4, 0.5) is 5.69 Å². The maximum Gasteiger partial charge on any atom is 0.262 e. The standard InChI is InChI=1S/C21H23N3O/c1-16-9-10-20-18(14-16)8-5-12-23(20)15-21(25)24-13-11-19(22-24)17-6-3-2-4-7-17/h2-4,6-7,9-10,14H,5,8,11-13,15H2,1H3. The Morgan fingerprint density at radius 2 is 1.92 bits per heavy atom. The van der Waals surface area contributed by atoms with Crippen LogP contribution in [0.15, 0.2) is 53.6 Å². The number of fused-ring (bicyclic) bond motifs is 1. The largest absolute Gasteiger partial charge is 0.362 e. The zero-order valence-electron chi connectivity index (χ0n) is 14.6. The van der Waals surface area contributed by atoms with Crippen LogP contribution in [-0.2, 0) is 11.2 Å². The summed E-state index contributed by atoms with van der Waals surface area (Å²) < 4.78 is 0. The molecule has 0 unspecified atom stereocenters. The molecular weight excluding hydrogens is 310 g/mol. The SMILES string of the molecule is Cc1ccc2c(c1)CCCN2CC(=O)N1CCC(c2ccccc2)=N1. The van der Waals surface area contributed by atoms with Gasteiger partial charge >= 0.3 is 0 Å². The van der Waals surface area contributed by atoms with Gasteiger partial charge in [-0.2, -0.15) is 5.10 Å². The highest BCUT2D eigenvalue weighted by Crippen LogP contribution is 2.28. The van der Waals surface area contributed by atoms with Gasteiger partial charge in [-0.25, -0.2) is 5.01 Å². The number of carbonyl (C=O) groups is 1. The lowest BCUT2D eigenvalue weighted by Gasteiger charge is -2.31. The van der Waals surface area contributed by atoms with Crippen molar-refractivity contribution in [3.05, 3.63) is 65.2 Å². The molecule has 0 aliphatic carbocycles. The molecule has 0 saturated carbocycles. The summed E-state index contributed by atoms with van der Waals surface area (Å²) in [7, 11) is 0. The molecule has 25 heavy (non-hydrogen) atoms. The second-order valence-corrected chi connectivity index (χ2v) is 6.84. The molecule has 0 radical (unpaired) electrons. The van der Waals surface area contributed by atoms with E-state index in [0.29, 0.717) is 13.1 Å². The van der Waals surface area contributed by atoms with Crippen molar-refractivity contribution < 1.29 is 4.79 Å². The maximum absolute atomic E-state index is 12.7. The average Bonchev–Trinajstić information content (AvgIpc) is 3.13. The Bertz CT molecular complexity index is 813. The molecule has 0 aromatic heterocycles. The number of nitrogens with zero attached hydrogens (tertiary/aromatic N) is 3. The fraction of sp³-hybridized carbons (Fsp3) is 0.333. The zero-order chi connectivity index (χ0) is 17.2. The van der Waals surface area contributed by atoms with Crippen LogP contribution in [0.5, 0.6) is 0 Å². The number of hydrogen-bond donors (Lipinski definition) is 0. The van der Waals surface area contributed by atoms with Crippen molar-refractivity contribution in [1.82, 2.24) is 5.01 Å². The molecule has 0 fully saturated rings. The van der Waals surface area contributed by atoms with Crippen molar-refractivity contribution in [2.24, 2.45) is 5.10 Å². The molecule has 0 saturated heterocycles. The van der Waals surface area contributed by atoms with Gasteiger partial charge in [0.15, 0.2) is 0 Å². The van der Waals surface area contributed by atoms with Gasteiger partial charge in [-0.3, -0.25) is 4.79 Å². The van der Waals surface area contributed by atoms with Gasteiger partial charge in [-0.05, 0) is 37.0 Å². The van der Waals surface area contributed by atoms with E-state index in [1.54, 1.807) is 5.01 Å². The third-order valence-corrected chi connectivity index (χ3v) is 4.97.